The van der Waals surface area contributed by atoms with Crippen LogP contribution in [0.3, 0.4) is 0 Å². The highest BCUT2D eigenvalue weighted by molar-refractivity contribution is 5.94. The van der Waals surface area contributed by atoms with Crippen LogP contribution in [0.4, 0.5) is 0 Å². The third kappa shape index (κ3) is 5.44. The molecule has 0 saturated heterocycles. The van der Waals surface area contributed by atoms with Crippen molar-refractivity contribution in [3.05, 3.63) is 41.5 Å². The molecule has 0 aliphatic heterocycles. The number of benzene rings is 1. The van der Waals surface area contributed by atoms with Crippen LogP contribution in [0.25, 0.3) is 0 Å². The molecule has 0 aliphatic rings. The number of ether oxygens (including phenoxy) is 1. The summed E-state index contributed by atoms with van der Waals surface area (Å²) in [5, 5.41) is 6.87. The van der Waals surface area contributed by atoms with Gasteiger partial charge in [0.25, 0.3) is 5.91 Å². The first-order valence-corrected chi connectivity index (χ1v) is 8.62. The molecular weight excluding hydrogens is 356 g/mol. The number of nitrogens with zero attached hydrogens (tertiary/aromatic N) is 2. The minimum absolute atomic E-state index is 0. The number of amides is 1. The average molecular weight is 383 g/mol. The molecule has 0 aliphatic carbocycles. The number of rotatable bonds is 9. The van der Waals surface area contributed by atoms with E-state index in [1.54, 1.807) is 24.3 Å². The van der Waals surface area contributed by atoms with Crippen LogP contribution in [0, 0.1) is 0 Å². The minimum Gasteiger partial charge on any atom is -0.485 e. The van der Waals surface area contributed by atoms with E-state index in [0.717, 1.165) is 12.8 Å². The zero-order valence-corrected chi connectivity index (χ0v) is 16.3. The van der Waals surface area contributed by atoms with Crippen molar-refractivity contribution in [3.63, 3.8) is 0 Å². The number of hydrogen-bond acceptors (Lipinski definition) is 6. The van der Waals surface area contributed by atoms with Gasteiger partial charge in [0.15, 0.2) is 6.61 Å². The Labute approximate surface area is 160 Å². The van der Waals surface area contributed by atoms with Crippen LogP contribution in [0.1, 0.15) is 55.7 Å². The van der Waals surface area contributed by atoms with Gasteiger partial charge in [0, 0.05) is 18.5 Å². The van der Waals surface area contributed by atoms with Crippen molar-refractivity contribution in [3.8, 4) is 5.75 Å². The van der Waals surface area contributed by atoms with Crippen LogP contribution in [0.15, 0.2) is 28.8 Å². The van der Waals surface area contributed by atoms with Gasteiger partial charge in [-0.1, -0.05) is 25.9 Å². The Morgan fingerprint density at radius 3 is 2.38 bits per heavy atom. The fourth-order valence-electron chi connectivity index (χ4n) is 2.42. The first-order valence-electron chi connectivity index (χ1n) is 8.62. The quantitative estimate of drug-likeness (QED) is 0.691. The average Bonchev–Trinajstić information content (AvgIpc) is 3.13. The normalized spacial score (nSPS) is 10.9. The monoisotopic (exact) mass is 382 g/mol. The molecule has 8 heteroatoms. The molecule has 2 aromatic rings. The predicted molar refractivity (Wildman–Crippen MR) is 102 cm³/mol. The van der Waals surface area contributed by atoms with Crippen LogP contribution in [0.5, 0.6) is 5.75 Å². The van der Waals surface area contributed by atoms with Crippen molar-refractivity contribution >= 4 is 18.3 Å². The Hall–Kier alpha value is -2.12. The summed E-state index contributed by atoms with van der Waals surface area (Å²) >= 11 is 0. The Kier molecular flexibility index (Phi) is 8.54. The summed E-state index contributed by atoms with van der Waals surface area (Å²) in [4.78, 5) is 16.6. The van der Waals surface area contributed by atoms with Gasteiger partial charge < -0.3 is 20.3 Å². The van der Waals surface area contributed by atoms with Crippen molar-refractivity contribution in [1.82, 2.24) is 15.5 Å². The molecule has 0 fully saturated rings. The third-order valence-electron chi connectivity index (χ3n) is 4.42. The smallest absolute Gasteiger partial charge is 0.251 e. The van der Waals surface area contributed by atoms with Crippen LogP contribution < -0.4 is 15.8 Å². The Morgan fingerprint density at radius 2 is 1.88 bits per heavy atom. The van der Waals surface area contributed by atoms with Crippen molar-refractivity contribution in [2.24, 2.45) is 5.73 Å². The molecule has 7 nitrogen and oxygen atoms in total. The maximum Gasteiger partial charge on any atom is 0.251 e. The number of nitrogens with two attached hydrogens (primary N) is 1. The summed E-state index contributed by atoms with van der Waals surface area (Å²) in [6.07, 6.45) is 2.27. The van der Waals surface area contributed by atoms with Crippen molar-refractivity contribution in [1.29, 1.82) is 0 Å². The number of carbonyl (C=O) groups is 1. The number of nitrogens with one attached hydrogen (secondary N) is 1. The molecule has 0 unspecified atom stereocenters. The largest absolute Gasteiger partial charge is 0.485 e. The van der Waals surface area contributed by atoms with Crippen molar-refractivity contribution in [2.75, 3.05) is 6.54 Å². The molecule has 0 saturated carbocycles. The van der Waals surface area contributed by atoms with Gasteiger partial charge >= 0.3 is 0 Å². The predicted octanol–water partition coefficient (Wildman–Crippen LogP) is 2.88. The fourth-order valence-corrected chi connectivity index (χ4v) is 2.42. The lowest BCUT2D eigenvalue weighted by molar-refractivity contribution is 0.0895. The van der Waals surface area contributed by atoms with E-state index in [9.17, 15) is 4.79 Å². The van der Waals surface area contributed by atoms with Gasteiger partial charge in [-0.3, -0.25) is 4.79 Å². The highest BCUT2D eigenvalue weighted by atomic mass is 35.5. The van der Waals surface area contributed by atoms with Gasteiger partial charge in [0.2, 0.25) is 11.7 Å². The van der Waals surface area contributed by atoms with E-state index >= 15 is 0 Å². The summed E-state index contributed by atoms with van der Waals surface area (Å²) in [6, 6.07) is 6.95. The molecule has 1 amide bonds. The van der Waals surface area contributed by atoms with Crippen LogP contribution in [-0.4, -0.2) is 28.1 Å². The van der Waals surface area contributed by atoms with E-state index < -0.39 is 0 Å². The molecule has 1 aromatic carbocycles. The molecule has 0 bridgehead atoms. The standard InChI is InChI=1S/C18H26N4O3.ClH/c1-4-16-20-15(22-25-16)11-24-14-9-7-13(8-10-14)17(23)21-18(5-2,6-3)12-19;/h7-10H,4-6,11-12,19H2,1-3H3,(H,21,23);1H. The molecule has 2 rings (SSSR count). The van der Waals surface area contributed by atoms with E-state index in [0.29, 0.717) is 36.0 Å². The zero-order chi connectivity index (χ0) is 18.3. The summed E-state index contributed by atoms with van der Waals surface area (Å²) in [6.45, 7) is 6.62. The van der Waals surface area contributed by atoms with Gasteiger partial charge in [-0.2, -0.15) is 4.98 Å². The topological polar surface area (TPSA) is 103 Å². The highest BCUT2D eigenvalue weighted by Gasteiger charge is 2.26. The molecule has 0 radical (unpaired) electrons. The summed E-state index contributed by atoms with van der Waals surface area (Å²) < 4.78 is 10.6. The Morgan fingerprint density at radius 1 is 1.23 bits per heavy atom. The van der Waals surface area contributed by atoms with Crippen LogP contribution >= 0.6 is 12.4 Å². The van der Waals surface area contributed by atoms with Crippen LogP contribution in [0.2, 0.25) is 0 Å². The first kappa shape index (κ1) is 21.9. The van der Waals surface area contributed by atoms with Crippen LogP contribution in [-0.2, 0) is 13.0 Å². The van der Waals surface area contributed by atoms with Crippen molar-refractivity contribution in [2.45, 2.75) is 52.2 Å². The number of carbonyl (C=O) groups excluding carboxylic acids is 1. The molecule has 1 aromatic heterocycles. The summed E-state index contributed by atoms with van der Waals surface area (Å²) in [5.74, 6) is 1.58. The van der Waals surface area contributed by atoms with Gasteiger partial charge in [-0.05, 0) is 37.1 Å². The SMILES string of the molecule is CCc1nc(COc2ccc(C(=O)NC(CC)(CC)CN)cc2)no1.Cl. The highest BCUT2D eigenvalue weighted by Crippen LogP contribution is 2.17. The summed E-state index contributed by atoms with van der Waals surface area (Å²) in [5.41, 5.74) is 6.04. The molecule has 1 heterocycles. The molecule has 144 valence electrons. The third-order valence-corrected chi connectivity index (χ3v) is 4.42. The Balaban J connectivity index is 0.00000338. The molecule has 0 atom stereocenters. The number of aryl methyl sites for hydroxylation is 1. The maximum atomic E-state index is 12.4. The van der Waals surface area contributed by atoms with Gasteiger partial charge in [0.05, 0.1) is 5.54 Å². The molecule has 3 N–H and O–H groups in total. The maximum absolute atomic E-state index is 12.4. The number of aromatic nitrogens is 2. The van der Waals surface area contributed by atoms with E-state index in [-0.39, 0.29) is 30.5 Å². The molecular formula is C18H27ClN4O3. The lowest BCUT2D eigenvalue weighted by Crippen LogP contribution is -2.52. The second kappa shape index (κ2) is 10.1. The van der Waals surface area contributed by atoms with E-state index in [4.69, 9.17) is 15.0 Å². The first-order chi connectivity index (χ1) is 12.1. The second-order valence-corrected chi connectivity index (χ2v) is 5.92. The fraction of sp³-hybridized carbons (Fsp3) is 0.500. The number of halogens is 1. The lowest BCUT2D eigenvalue weighted by atomic mass is 9.92. The van der Waals surface area contributed by atoms with Crippen molar-refractivity contribution < 1.29 is 14.1 Å². The lowest BCUT2D eigenvalue weighted by Gasteiger charge is -2.31. The van der Waals surface area contributed by atoms with E-state index in [1.807, 2.05) is 20.8 Å². The zero-order valence-electron chi connectivity index (χ0n) is 15.4. The second-order valence-electron chi connectivity index (χ2n) is 5.92. The van der Waals surface area contributed by atoms with Gasteiger partial charge in [0.1, 0.15) is 5.75 Å². The number of hydrogen-bond donors (Lipinski definition) is 2. The Bertz CT molecular complexity index is 676. The van der Waals surface area contributed by atoms with E-state index in [1.165, 1.54) is 0 Å². The summed E-state index contributed by atoms with van der Waals surface area (Å²) in [7, 11) is 0. The van der Waals surface area contributed by atoms with E-state index in [2.05, 4.69) is 15.5 Å². The van der Waals surface area contributed by atoms with Gasteiger partial charge in [-0.25, -0.2) is 0 Å². The minimum atomic E-state index is -0.359. The van der Waals surface area contributed by atoms with Gasteiger partial charge in [-0.15, -0.1) is 12.4 Å². The molecule has 26 heavy (non-hydrogen) atoms. The molecule has 0 spiro atoms.